The van der Waals surface area contributed by atoms with Crippen LogP contribution in [0.25, 0.3) is 28.0 Å². The summed E-state index contributed by atoms with van der Waals surface area (Å²) in [6.07, 6.45) is 4.91. The van der Waals surface area contributed by atoms with Crippen molar-refractivity contribution in [1.82, 2.24) is 24.7 Å². The van der Waals surface area contributed by atoms with E-state index in [2.05, 4.69) is 26.1 Å². The van der Waals surface area contributed by atoms with Crippen LogP contribution in [0.5, 0.6) is 0 Å². The number of hydrogen-bond donors (Lipinski definition) is 1. The molecule has 4 rings (SSSR count). The number of hydrogen-bond acceptors (Lipinski definition) is 3. The van der Waals surface area contributed by atoms with Gasteiger partial charge in [-0.05, 0) is 30.3 Å². The lowest BCUT2D eigenvalue weighted by Gasteiger charge is -2.01. The van der Waals surface area contributed by atoms with Crippen LogP contribution in [0, 0.1) is 0 Å². The van der Waals surface area contributed by atoms with Crippen LogP contribution in [0.4, 0.5) is 0 Å². The van der Waals surface area contributed by atoms with E-state index in [9.17, 15) is 0 Å². The fourth-order valence-corrected chi connectivity index (χ4v) is 2.43. The molecule has 0 saturated carbocycles. The Balaban J connectivity index is 1.74. The number of nitrogens with one attached hydrogen (secondary N) is 1. The first-order chi connectivity index (χ1) is 10.3. The smallest absolute Gasteiger partial charge is 0.155 e. The summed E-state index contributed by atoms with van der Waals surface area (Å²) >= 11 is 6.00. The molecular formula is C15H10ClN5. The summed E-state index contributed by atoms with van der Waals surface area (Å²) in [5.74, 6) is 0.732. The second-order valence-corrected chi connectivity index (χ2v) is 5.10. The normalized spacial score (nSPS) is 11.1. The maximum atomic E-state index is 6.00. The first-order valence-electron chi connectivity index (χ1n) is 6.39. The van der Waals surface area contributed by atoms with Gasteiger partial charge in [0, 0.05) is 33.4 Å². The lowest BCUT2D eigenvalue weighted by Crippen LogP contribution is -1.97. The summed E-state index contributed by atoms with van der Waals surface area (Å²) in [4.78, 5) is 11.7. The number of nitrogens with zero attached hydrogens (tertiary/aromatic N) is 4. The lowest BCUT2D eigenvalue weighted by atomic mass is 10.2. The average molecular weight is 296 g/mol. The van der Waals surface area contributed by atoms with Gasteiger partial charge in [0.15, 0.2) is 5.82 Å². The zero-order valence-corrected chi connectivity index (χ0v) is 11.6. The summed E-state index contributed by atoms with van der Waals surface area (Å²) in [6.45, 7) is 0. The molecule has 0 bridgehead atoms. The van der Waals surface area contributed by atoms with Crippen LogP contribution < -0.4 is 0 Å². The van der Waals surface area contributed by atoms with Crippen LogP contribution in [-0.4, -0.2) is 24.7 Å². The van der Waals surface area contributed by atoms with E-state index in [4.69, 9.17) is 11.6 Å². The summed E-state index contributed by atoms with van der Waals surface area (Å²) in [5, 5.41) is 5.89. The van der Waals surface area contributed by atoms with Gasteiger partial charge in [-0.2, -0.15) is 5.10 Å². The maximum Gasteiger partial charge on any atom is 0.155 e. The molecule has 4 aromatic rings. The van der Waals surface area contributed by atoms with E-state index < -0.39 is 0 Å². The van der Waals surface area contributed by atoms with Crippen LogP contribution in [0.2, 0.25) is 5.02 Å². The van der Waals surface area contributed by atoms with Gasteiger partial charge in [-0.3, -0.25) is 0 Å². The number of aromatic amines is 1. The van der Waals surface area contributed by atoms with Crippen molar-refractivity contribution < 1.29 is 0 Å². The standard InChI is InChI=1S/C15H10ClN5/c16-12-3-1-10-5-13(20-14(10)6-12)11-2-4-15(18-7-11)21-9-17-8-19-21/h1-9,20H. The molecule has 0 fully saturated rings. The summed E-state index contributed by atoms with van der Waals surface area (Å²) in [7, 11) is 0. The Kier molecular flexibility index (Phi) is 2.72. The first-order valence-corrected chi connectivity index (χ1v) is 6.77. The van der Waals surface area contributed by atoms with Crippen LogP contribution >= 0.6 is 11.6 Å². The third kappa shape index (κ3) is 2.17. The molecule has 0 unspecified atom stereocenters. The van der Waals surface area contributed by atoms with Crippen molar-refractivity contribution in [2.75, 3.05) is 0 Å². The van der Waals surface area contributed by atoms with E-state index in [1.807, 2.05) is 36.5 Å². The minimum Gasteiger partial charge on any atom is -0.354 e. The van der Waals surface area contributed by atoms with Crippen molar-refractivity contribution in [2.24, 2.45) is 0 Å². The third-order valence-electron chi connectivity index (χ3n) is 3.30. The predicted octanol–water partition coefficient (Wildman–Crippen LogP) is 3.46. The average Bonchev–Trinajstić information content (AvgIpc) is 3.16. The van der Waals surface area contributed by atoms with Crippen LogP contribution in [-0.2, 0) is 0 Å². The lowest BCUT2D eigenvalue weighted by molar-refractivity contribution is 0.845. The van der Waals surface area contributed by atoms with Gasteiger partial charge < -0.3 is 4.98 Å². The second kappa shape index (κ2) is 4.71. The van der Waals surface area contributed by atoms with Gasteiger partial charge in [-0.15, -0.1) is 0 Å². The van der Waals surface area contributed by atoms with Gasteiger partial charge in [0.05, 0.1) is 0 Å². The number of benzene rings is 1. The first kappa shape index (κ1) is 12.1. The molecule has 1 N–H and O–H groups in total. The van der Waals surface area contributed by atoms with Gasteiger partial charge >= 0.3 is 0 Å². The van der Waals surface area contributed by atoms with Gasteiger partial charge in [0.25, 0.3) is 0 Å². The molecule has 3 aromatic heterocycles. The Morgan fingerprint density at radius 1 is 1.10 bits per heavy atom. The van der Waals surface area contributed by atoms with E-state index in [0.717, 1.165) is 33.0 Å². The SMILES string of the molecule is Clc1ccc2cc(-c3ccc(-n4cncn4)nc3)[nH]c2c1. The highest BCUT2D eigenvalue weighted by Gasteiger charge is 2.05. The van der Waals surface area contributed by atoms with Gasteiger partial charge in [0.1, 0.15) is 12.7 Å². The number of fused-ring (bicyclic) bond motifs is 1. The Morgan fingerprint density at radius 2 is 2.05 bits per heavy atom. The van der Waals surface area contributed by atoms with Crippen molar-refractivity contribution in [3.05, 3.63) is 60.3 Å². The van der Waals surface area contributed by atoms with Crippen molar-refractivity contribution >= 4 is 22.5 Å². The molecule has 0 saturated heterocycles. The van der Waals surface area contributed by atoms with Gasteiger partial charge in [-0.1, -0.05) is 17.7 Å². The number of pyridine rings is 1. The zero-order chi connectivity index (χ0) is 14.2. The molecule has 0 aliphatic carbocycles. The number of rotatable bonds is 2. The van der Waals surface area contributed by atoms with Crippen molar-refractivity contribution in [3.63, 3.8) is 0 Å². The van der Waals surface area contributed by atoms with Crippen molar-refractivity contribution in [1.29, 1.82) is 0 Å². The van der Waals surface area contributed by atoms with Crippen molar-refractivity contribution in [2.45, 2.75) is 0 Å². The number of H-pyrrole nitrogens is 1. The molecule has 0 radical (unpaired) electrons. The molecule has 0 aliphatic heterocycles. The highest BCUT2D eigenvalue weighted by atomic mass is 35.5. The Bertz CT molecular complexity index is 894. The molecule has 0 atom stereocenters. The van der Waals surface area contributed by atoms with E-state index in [1.54, 1.807) is 11.0 Å². The topological polar surface area (TPSA) is 59.4 Å². The molecule has 0 spiro atoms. The fraction of sp³-hybridized carbons (Fsp3) is 0. The largest absolute Gasteiger partial charge is 0.354 e. The number of halogens is 1. The van der Waals surface area contributed by atoms with Crippen LogP contribution in [0.15, 0.2) is 55.2 Å². The van der Waals surface area contributed by atoms with E-state index in [-0.39, 0.29) is 0 Å². The Labute approximate surface area is 125 Å². The molecule has 1 aromatic carbocycles. The Hall–Kier alpha value is -2.66. The summed E-state index contributed by atoms with van der Waals surface area (Å²) in [5.41, 5.74) is 3.02. The molecular weight excluding hydrogens is 286 g/mol. The zero-order valence-electron chi connectivity index (χ0n) is 10.9. The molecule has 3 heterocycles. The van der Waals surface area contributed by atoms with Crippen molar-refractivity contribution in [3.8, 4) is 17.1 Å². The molecule has 5 nitrogen and oxygen atoms in total. The molecule has 0 aliphatic rings. The molecule has 102 valence electrons. The number of aromatic nitrogens is 5. The predicted molar refractivity (Wildman–Crippen MR) is 81.5 cm³/mol. The summed E-state index contributed by atoms with van der Waals surface area (Å²) in [6, 6.07) is 11.8. The van der Waals surface area contributed by atoms with E-state index in [0.29, 0.717) is 0 Å². The van der Waals surface area contributed by atoms with Crippen LogP contribution in [0.3, 0.4) is 0 Å². The van der Waals surface area contributed by atoms with Crippen LogP contribution in [0.1, 0.15) is 0 Å². The maximum absolute atomic E-state index is 6.00. The fourth-order valence-electron chi connectivity index (χ4n) is 2.26. The monoisotopic (exact) mass is 295 g/mol. The van der Waals surface area contributed by atoms with Gasteiger partial charge in [0.2, 0.25) is 0 Å². The second-order valence-electron chi connectivity index (χ2n) is 4.66. The van der Waals surface area contributed by atoms with E-state index in [1.165, 1.54) is 6.33 Å². The highest BCUT2D eigenvalue weighted by Crippen LogP contribution is 2.26. The molecule has 6 heteroatoms. The summed E-state index contributed by atoms with van der Waals surface area (Å²) < 4.78 is 1.62. The Morgan fingerprint density at radius 3 is 2.81 bits per heavy atom. The highest BCUT2D eigenvalue weighted by molar-refractivity contribution is 6.31. The van der Waals surface area contributed by atoms with Gasteiger partial charge in [-0.25, -0.2) is 14.6 Å². The minimum atomic E-state index is 0.718. The minimum absolute atomic E-state index is 0.718. The molecule has 0 amide bonds. The quantitative estimate of drug-likeness (QED) is 0.616. The third-order valence-corrected chi connectivity index (χ3v) is 3.53. The van der Waals surface area contributed by atoms with E-state index >= 15 is 0 Å². The molecule has 21 heavy (non-hydrogen) atoms.